The van der Waals surface area contributed by atoms with Gasteiger partial charge in [0.2, 0.25) is 0 Å². The Morgan fingerprint density at radius 2 is 1.38 bits per heavy atom. The van der Waals surface area contributed by atoms with Crippen molar-refractivity contribution in [2.75, 3.05) is 13.2 Å². The highest BCUT2D eigenvalue weighted by atomic mass is 16.6. The quantitative estimate of drug-likeness (QED) is 0.334. The van der Waals surface area contributed by atoms with Crippen molar-refractivity contribution in [2.24, 2.45) is 0 Å². The van der Waals surface area contributed by atoms with E-state index in [4.69, 9.17) is 9.47 Å². The van der Waals surface area contributed by atoms with Crippen molar-refractivity contribution in [1.29, 1.82) is 0 Å². The Morgan fingerprint density at radius 1 is 0.905 bits per heavy atom. The average Bonchev–Trinajstić information content (AvgIpc) is 2.51. The number of carbonyl (C=O) groups excluding carboxylic acids is 2. The van der Waals surface area contributed by atoms with E-state index in [9.17, 15) is 9.59 Å². The van der Waals surface area contributed by atoms with Crippen LogP contribution in [0.2, 0.25) is 0 Å². The van der Waals surface area contributed by atoms with Gasteiger partial charge < -0.3 is 9.47 Å². The fourth-order valence-electron chi connectivity index (χ4n) is 1.76. The van der Waals surface area contributed by atoms with E-state index in [1.54, 1.807) is 6.92 Å². The molecule has 0 fully saturated rings. The number of hydrogen-bond acceptors (Lipinski definition) is 4. The Hall–Kier alpha value is -2.10. The van der Waals surface area contributed by atoms with Crippen LogP contribution in [0.3, 0.4) is 0 Å². The third-order valence-corrected chi connectivity index (χ3v) is 2.86. The summed E-state index contributed by atoms with van der Waals surface area (Å²) in [4.78, 5) is 24.3. The second-order valence-corrected chi connectivity index (χ2v) is 4.64. The Labute approximate surface area is 125 Å². The molecule has 0 heterocycles. The predicted molar refractivity (Wildman–Crippen MR) is 81.5 cm³/mol. The molecular weight excluding hydrogens is 268 g/mol. The van der Waals surface area contributed by atoms with Crippen LogP contribution in [-0.2, 0) is 19.1 Å². The zero-order valence-electron chi connectivity index (χ0n) is 12.8. The maximum absolute atomic E-state index is 12.1. The Kier molecular flexibility index (Phi) is 7.23. The lowest BCUT2D eigenvalue weighted by atomic mass is 10.0. The van der Waals surface area contributed by atoms with Crippen LogP contribution in [0.5, 0.6) is 0 Å². The summed E-state index contributed by atoms with van der Waals surface area (Å²) in [5, 5.41) is 0. The van der Waals surface area contributed by atoms with E-state index >= 15 is 0 Å². The number of allylic oxidation sites excluding steroid dienone is 1. The molecule has 0 aliphatic carbocycles. The van der Waals surface area contributed by atoms with Crippen LogP contribution >= 0.6 is 0 Å². The van der Waals surface area contributed by atoms with Gasteiger partial charge in [0.15, 0.2) is 0 Å². The molecule has 0 atom stereocenters. The molecule has 0 saturated heterocycles. The molecule has 21 heavy (non-hydrogen) atoms. The number of ether oxygens (including phenoxy) is 2. The number of esters is 2. The van der Waals surface area contributed by atoms with E-state index in [1.807, 2.05) is 44.2 Å². The molecule has 1 rings (SSSR count). The van der Waals surface area contributed by atoms with Crippen LogP contribution in [0.15, 0.2) is 35.9 Å². The molecule has 0 radical (unpaired) electrons. The van der Waals surface area contributed by atoms with Gasteiger partial charge in [-0.1, -0.05) is 44.2 Å². The summed E-state index contributed by atoms with van der Waals surface area (Å²) >= 11 is 0. The van der Waals surface area contributed by atoms with Gasteiger partial charge in [-0.2, -0.15) is 0 Å². The second kappa shape index (κ2) is 8.95. The van der Waals surface area contributed by atoms with Gasteiger partial charge in [-0.05, 0) is 30.9 Å². The van der Waals surface area contributed by atoms with Crippen LogP contribution in [0.25, 0.3) is 5.57 Å². The molecule has 0 bridgehead atoms. The molecule has 0 amide bonds. The van der Waals surface area contributed by atoms with Crippen molar-refractivity contribution >= 4 is 17.5 Å². The molecule has 4 heteroatoms. The lowest BCUT2D eigenvalue weighted by Crippen LogP contribution is -2.20. The fourth-order valence-corrected chi connectivity index (χ4v) is 1.76. The minimum absolute atomic E-state index is 0.0249. The first-order valence-electron chi connectivity index (χ1n) is 7.22. The average molecular weight is 290 g/mol. The SMILES string of the molecule is CCCOC(=O)C(C(=O)OCCC)=C(C)c1ccccc1. The number of benzene rings is 1. The van der Waals surface area contributed by atoms with Crippen LogP contribution in [-0.4, -0.2) is 25.2 Å². The van der Waals surface area contributed by atoms with Gasteiger partial charge >= 0.3 is 11.9 Å². The zero-order valence-corrected chi connectivity index (χ0v) is 12.8. The highest BCUT2D eigenvalue weighted by Crippen LogP contribution is 2.20. The molecule has 0 N–H and O–H groups in total. The minimum Gasteiger partial charge on any atom is -0.462 e. The van der Waals surface area contributed by atoms with Gasteiger partial charge in [-0.15, -0.1) is 0 Å². The standard InChI is InChI=1S/C17H22O4/c1-4-11-20-16(18)15(17(19)21-12-5-2)13(3)14-9-7-6-8-10-14/h6-10H,4-5,11-12H2,1-3H3. The van der Waals surface area contributed by atoms with Crippen LogP contribution in [0.4, 0.5) is 0 Å². The highest BCUT2D eigenvalue weighted by molar-refractivity contribution is 6.19. The first-order chi connectivity index (χ1) is 10.1. The number of carbonyl (C=O) groups is 2. The molecule has 1 aromatic rings. The van der Waals surface area contributed by atoms with E-state index in [0.717, 1.165) is 5.56 Å². The van der Waals surface area contributed by atoms with Crippen molar-refractivity contribution in [3.8, 4) is 0 Å². The topological polar surface area (TPSA) is 52.6 Å². The molecule has 0 unspecified atom stereocenters. The third kappa shape index (κ3) is 5.06. The summed E-state index contributed by atoms with van der Waals surface area (Å²) in [5.41, 5.74) is 1.34. The second-order valence-electron chi connectivity index (χ2n) is 4.64. The van der Waals surface area contributed by atoms with E-state index in [2.05, 4.69) is 0 Å². The molecular formula is C17H22O4. The zero-order chi connectivity index (χ0) is 15.7. The largest absolute Gasteiger partial charge is 0.462 e. The van der Waals surface area contributed by atoms with E-state index in [1.165, 1.54) is 0 Å². The molecule has 0 spiro atoms. The summed E-state index contributed by atoms with van der Waals surface area (Å²) in [6.07, 6.45) is 1.40. The van der Waals surface area contributed by atoms with Gasteiger partial charge in [0, 0.05) is 0 Å². The molecule has 0 aromatic heterocycles. The summed E-state index contributed by atoms with van der Waals surface area (Å²) in [5.74, 6) is -1.25. The number of hydrogen-bond donors (Lipinski definition) is 0. The van der Waals surface area contributed by atoms with E-state index in [-0.39, 0.29) is 18.8 Å². The molecule has 1 aromatic carbocycles. The van der Waals surface area contributed by atoms with Gasteiger partial charge in [0.1, 0.15) is 5.57 Å². The maximum atomic E-state index is 12.1. The molecule has 4 nitrogen and oxygen atoms in total. The normalized spacial score (nSPS) is 9.86. The van der Waals surface area contributed by atoms with Crippen molar-refractivity contribution in [3.63, 3.8) is 0 Å². The molecule has 0 aliphatic heterocycles. The van der Waals surface area contributed by atoms with Crippen LogP contribution in [0.1, 0.15) is 39.2 Å². The lowest BCUT2D eigenvalue weighted by Gasteiger charge is -2.11. The van der Waals surface area contributed by atoms with Crippen molar-refractivity contribution in [1.82, 2.24) is 0 Å². The Bertz CT molecular complexity index is 481. The van der Waals surface area contributed by atoms with E-state index < -0.39 is 11.9 Å². The highest BCUT2D eigenvalue weighted by Gasteiger charge is 2.24. The van der Waals surface area contributed by atoms with Gasteiger partial charge in [0.25, 0.3) is 0 Å². The Morgan fingerprint density at radius 3 is 1.81 bits per heavy atom. The predicted octanol–water partition coefficient (Wildman–Crippen LogP) is 3.37. The minimum atomic E-state index is -0.626. The summed E-state index contributed by atoms with van der Waals surface area (Å²) in [7, 11) is 0. The maximum Gasteiger partial charge on any atom is 0.345 e. The van der Waals surface area contributed by atoms with Gasteiger partial charge in [-0.3, -0.25) is 0 Å². The fraction of sp³-hybridized carbons (Fsp3) is 0.412. The molecule has 114 valence electrons. The van der Waals surface area contributed by atoms with Crippen molar-refractivity contribution < 1.29 is 19.1 Å². The smallest absolute Gasteiger partial charge is 0.345 e. The third-order valence-electron chi connectivity index (χ3n) is 2.86. The van der Waals surface area contributed by atoms with Crippen molar-refractivity contribution in [3.05, 3.63) is 41.5 Å². The monoisotopic (exact) mass is 290 g/mol. The van der Waals surface area contributed by atoms with Crippen molar-refractivity contribution in [2.45, 2.75) is 33.6 Å². The molecule has 0 aliphatic rings. The Balaban J connectivity index is 3.11. The lowest BCUT2D eigenvalue weighted by molar-refractivity contribution is -0.147. The molecule has 0 saturated carbocycles. The first kappa shape index (κ1) is 17.0. The summed E-state index contributed by atoms with van der Waals surface area (Å²) < 4.78 is 10.2. The van der Waals surface area contributed by atoms with Gasteiger partial charge in [-0.25, -0.2) is 9.59 Å². The van der Waals surface area contributed by atoms with E-state index in [0.29, 0.717) is 18.4 Å². The first-order valence-corrected chi connectivity index (χ1v) is 7.22. The van der Waals surface area contributed by atoms with Gasteiger partial charge in [0.05, 0.1) is 13.2 Å². The van der Waals surface area contributed by atoms with Crippen LogP contribution in [0, 0.1) is 0 Å². The summed E-state index contributed by atoms with van der Waals surface area (Å²) in [6.45, 7) is 6.09. The number of rotatable bonds is 7. The van der Waals surface area contributed by atoms with Crippen LogP contribution < -0.4 is 0 Å². The summed E-state index contributed by atoms with van der Waals surface area (Å²) in [6, 6.07) is 9.27.